The van der Waals surface area contributed by atoms with Crippen LogP contribution in [0.1, 0.15) is 50.2 Å². The van der Waals surface area contributed by atoms with Gasteiger partial charge >= 0.3 is 12.1 Å². The Morgan fingerprint density at radius 1 is 0.734 bits per heavy atom. The number of aromatic nitrogens is 4. The summed E-state index contributed by atoms with van der Waals surface area (Å²) in [5.74, 6) is 3.41. The molecule has 5 amide bonds. The lowest BCUT2D eigenvalue weighted by Crippen LogP contribution is -2.54. The van der Waals surface area contributed by atoms with Gasteiger partial charge in [0.15, 0.2) is 11.6 Å². The van der Waals surface area contributed by atoms with E-state index >= 15 is 0 Å². The van der Waals surface area contributed by atoms with Crippen molar-refractivity contribution < 1.29 is 28.6 Å². The molecule has 0 aliphatic carbocycles. The normalized spacial score (nSPS) is 20.0. The molecule has 5 aliphatic heterocycles. The largest absolute Gasteiger partial charge is 0.379 e. The van der Waals surface area contributed by atoms with Crippen LogP contribution in [-0.4, -0.2) is 134 Å². The highest BCUT2D eigenvalue weighted by atomic mass is 16.5. The smallest absolute Gasteiger partial charge is 0.319 e. The zero-order valence-electron chi connectivity index (χ0n) is 37.5. The number of morpholine rings is 2. The van der Waals surface area contributed by atoms with Gasteiger partial charge in [-0.15, -0.1) is 0 Å². The molecule has 3 fully saturated rings. The Morgan fingerprint density at radius 2 is 1.28 bits per heavy atom. The Morgan fingerprint density at radius 3 is 1.80 bits per heavy atom. The molecule has 0 saturated carbocycles. The molecule has 0 radical (unpaired) electrons. The lowest BCUT2D eigenvalue weighted by atomic mass is 9.86. The van der Waals surface area contributed by atoms with E-state index in [4.69, 9.17) is 34.1 Å². The summed E-state index contributed by atoms with van der Waals surface area (Å²) < 4.78 is 16.6. The fourth-order valence-corrected chi connectivity index (χ4v) is 8.59. The molecule has 5 aliphatic rings. The molecule has 2 aromatic carbocycles. The van der Waals surface area contributed by atoms with E-state index in [0.29, 0.717) is 76.4 Å². The zero-order chi connectivity index (χ0) is 44.8. The Balaban J connectivity index is 0.000000181. The fraction of sp³-hybridized carbons (Fsp3) is 0.500. The minimum absolute atomic E-state index is 0.127. The van der Waals surface area contributed by atoms with Gasteiger partial charge in [0, 0.05) is 73.4 Å². The number of fused-ring (bicyclic) bond motifs is 2. The molecule has 2 atom stereocenters. The Kier molecular flexibility index (Phi) is 13.8. The second-order valence-corrected chi connectivity index (χ2v) is 17.1. The van der Waals surface area contributed by atoms with Gasteiger partial charge in [0.2, 0.25) is 5.91 Å². The number of rotatable bonds is 8. The van der Waals surface area contributed by atoms with E-state index < -0.39 is 5.41 Å². The third kappa shape index (κ3) is 9.89. The number of carbonyl (C=O) groups is 3. The third-order valence-corrected chi connectivity index (χ3v) is 12.2. The van der Waals surface area contributed by atoms with E-state index in [1.54, 1.807) is 7.05 Å². The minimum atomic E-state index is -0.443. The second-order valence-electron chi connectivity index (χ2n) is 17.1. The van der Waals surface area contributed by atoms with Gasteiger partial charge in [-0.3, -0.25) is 4.79 Å². The standard InChI is InChI=1S/C26H34N6O4.C20H26N6O2/c1-4-27-25(34)28-19-7-5-18(6-8-19)22-29-21-13-31(24(33)26(3)15-36-16-26)10-9-20(21)23(30-22)32-11-12-35-14-17(32)2;1-13-12-28-10-9-26(13)19-16-7-8-22-11-17(16)24-18(25-19)14-3-5-15(6-4-14)23-20(27)21-2/h5-8,17H,4,9-16H2,1-3H3,(H2,27,28,34);3-6,13,22H,7-12H2,1-2H3,(H2,21,23,27)/t17-;13-/m00/s1. The summed E-state index contributed by atoms with van der Waals surface area (Å²) in [6, 6.07) is 15.1. The molecule has 340 valence electrons. The first-order valence-corrected chi connectivity index (χ1v) is 22.3. The molecular weight excluding hydrogens is 817 g/mol. The van der Waals surface area contributed by atoms with E-state index in [9.17, 15) is 14.4 Å². The SMILES string of the molecule is CCNC(=O)Nc1ccc(-c2nc3c(c(N4CCOC[C@@H]4C)n2)CCN(C(=O)C2(C)COC2)C3)cc1.CNC(=O)Nc1ccc(-c2nc3c(c(N4CCOC[C@@H]4C)n2)CCNC3)cc1. The number of benzene rings is 2. The Bertz CT molecular complexity index is 2310. The van der Waals surface area contributed by atoms with Crippen molar-refractivity contribution in [3.05, 3.63) is 71.0 Å². The predicted molar refractivity (Wildman–Crippen MR) is 244 cm³/mol. The van der Waals surface area contributed by atoms with Crippen LogP contribution >= 0.6 is 0 Å². The number of carbonyl (C=O) groups excluding carboxylic acids is 3. The quantitative estimate of drug-likeness (QED) is 0.169. The maximum absolute atomic E-state index is 13.2. The average Bonchev–Trinajstić information content (AvgIpc) is 3.30. The molecule has 5 N–H and O–H groups in total. The highest BCUT2D eigenvalue weighted by molar-refractivity contribution is 5.90. The summed E-state index contributed by atoms with van der Waals surface area (Å²) in [6.07, 6.45) is 1.65. The van der Waals surface area contributed by atoms with E-state index in [-0.39, 0.29) is 30.1 Å². The molecule has 0 spiro atoms. The van der Waals surface area contributed by atoms with Gasteiger partial charge in [-0.05, 0) is 95.6 Å². The van der Waals surface area contributed by atoms with Crippen LogP contribution in [0.5, 0.6) is 0 Å². The van der Waals surface area contributed by atoms with Crippen LogP contribution in [-0.2, 0) is 44.9 Å². The number of hydrogen-bond donors (Lipinski definition) is 5. The number of ether oxygens (including phenoxy) is 3. The second kappa shape index (κ2) is 19.8. The number of amides is 5. The molecule has 18 heteroatoms. The van der Waals surface area contributed by atoms with Crippen molar-refractivity contribution in [2.45, 2.75) is 65.7 Å². The van der Waals surface area contributed by atoms with E-state index in [1.165, 1.54) is 5.56 Å². The molecular formula is C46H60N12O6. The summed E-state index contributed by atoms with van der Waals surface area (Å²) in [5, 5.41) is 14.3. The Hall–Kier alpha value is -5.95. The van der Waals surface area contributed by atoms with Crippen LogP contribution < -0.4 is 36.4 Å². The molecule has 4 aromatic rings. The van der Waals surface area contributed by atoms with Crippen molar-refractivity contribution in [2.75, 3.05) is 99.8 Å². The summed E-state index contributed by atoms with van der Waals surface area (Å²) in [5.41, 5.74) is 7.07. The maximum atomic E-state index is 13.2. The molecule has 9 rings (SSSR count). The van der Waals surface area contributed by atoms with Gasteiger partial charge in [0.1, 0.15) is 11.6 Å². The van der Waals surface area contributed by atoms with Gasteiger partial charge in [0.05, 0.1) is 75.1 Å². The van der Waals surface area contributed by atoms with Crippen molar-refractivity contribution in [1.29, 1.82) is 0 Å². The number of urea groups is 2. The van der Waals surface area contributed by atoms with Gasteiger partial charge in [0.25, 0.3) is 0 Å². The summed E-state index contributed by atoms with van der Waals surface area (Å²) in [4.78, 5) is 62.9. The van der Waals surface area contributed by atoms with Crippen LogP contribution in [0.2, 0.25) is 0 Å². The monoisotopic (exact) mass is 876 g/mol. The number of nitrogens with zero attached hydrogens (tertiary/aromatic N) is 7. The summed E-state index contributed by atoms with van der Waals surface area (Å²) >= 11 is 0. The third-order valence-electron chi connectivity index (χ3n) is 12.2. The van der Waals surface area contributed by atoms with Crippen LogP contribution in [0.25, 0.3) is 22.8 Å². The topological polar surface area (TPSA) is 200 Å². The first kappa shape index (κ1) is 44.6. The van der Waals surface area contributed by atoms with Crippen molar-refractivity contribution in [3.63, 3.8) is 0 Å². The first-order chi connectivity index (χ1) is 31.0. The van der Waals surface area contributed by atoms with Crippen LogP contribution in [0, 0.1) is 5.41 Å². The predicted octanol–water partition coefficient (Wildman–Crippen LogP) is 4.20. The average molecular weight is 877 g/mol. The number of hydrogen-bond acceptors (Lipinski definition) is 13. The number of nitrogens with one attached hydrogen (secondary N) is 5. The van der Waals surface area contributed by atoms with Crippen LogP contribution in [0.4, 0.5) is 32.6 Å². The van der Waals surface area contributed by atoms with Crippen molar-refractivity contribution in [2.24, 2.45) is 5.41 Å². The maximum Gasteiger partial charge on any atom is 0.319 e. The lowest BCUT2D eigenvalue weighted by Gasteiger charge is -2.42. The summed E-state index contributed by atoms with van der Waals surface area (Å²) in [6.45, 7) is 16.8. The van der Waals surface area contributed by atoms with Crippen molar-refractivity contribution in [1.82, 2.24) is 40.8 Å². The van der Waals surface area contributed by atoms with Crippen molar-refractivity contribution in [3.8, 4) is 22.8 Å². The molecule has 2 aromatic heterocycles. The molecule has 64 heavy (non-hydrogen) atoms. The molecule has 7 heterocycles. The first-order valence-electron chi connectivity index (χ1n) is 22.3. The molecule has 3 saturated heterocycles. The van der Waals surface area contributed by atoms with E-state index in [0.717, 1.165) is 84.6 Å². The summed E-state index contributed by atoms with van der Waals surface area (Å²) in [7, 11) is 1.59. The fourth-order valence-electron chi connectivity index (χ4n) is 8.59. The number of anilines is 4. The van der Waals surface area contributed by atoms with Gasteiger partial charge in [-0.1, -0.05) is 0 Å². The Labute approximate surface area is 374 Å². The van der Waals surface area contributed by atoms with Crippen LogP contribution in [0.15, 0.2) is 48.5 Å². The lowest BCUT2D eigenvalue weighted by molar-refractivity contribution is -0.169. The minimum Gasteiger partial charge on any atom is -0.379 e. The van der Waals surface area contributed by atoms with Crippen LogP contribution in [0.3, 0.4) is 0 Å². The van der Waals surface area contributed by atoms with Gasteiger partial charge < -0.3 is 55.5 Å². The highest BCUT2D eigenvalue weighted by Crippen LogP contribution is 2.36. The zero-order valence-corrected chi connectivity index (χ0v) is 37.5. The molecule has 0 bridgehead atoms. The van der Waals surface area contributed by atoms with E-state index in [1.807, 2.05) is 67.3 Å². The molecule has 0 unspecified atom stereocenters. The van der Waals surface area contributed by atoms with Gasteiger partial charge in [-0.2, -0.15) is 0 Å². The van der Waals surface area contributed by atoms with Crippen molar-refractivity contribution >= 4 is 41.0 Å². The van der Waals surface area contributed by atoms with Gasteiger partial charge in [-0.25, -0.2) is 29.5 Å². The van der Waals surface area contributed by atoms with E-state index in [2.05, 4.69) is 50.2 Å². The highest BCUT2D eigenvalue weighted by Gasteiger charge is 2.44. The molecule has 18 nitrogen and oxygen atoms in total.